The van der Waals surface area contributed by atoms with E-state index in [4.69, 9.17) is 20.9 Å². The van der Waals surface area contributed by atoms with E-state index in [2.05, 4.69) is 15.5 Å². The van der Waals surface area contributed by atoms with Gasteiger partial charge in [0.25, 0.3) is 0 Å². The number of imide groups is 1. The molecule has 2 fully saturated rings. The maximum absolute atomic E-state index is 13.2. The molecule has 1 N–H and O–H groups in total. The van der Waals surface area contributed by atoms with Crippen LogP contribution in [0.4, 0.5) is 4.79 Å². The third-order valence-corrected chi connectivity index (χ3v) is 6.57. The van der Waals surface area contributed by atoms with Gasteiger partial charge >= 0.3 is 6.03 Å². The van der Waals surface area contributed by atoms with Crippen molar-refractivity contribution in [2.75, 3.05) is 7.11 Å². The number of methoxy groups -OCH3 is 1. The second kappa shape index (κ2) is 8.86. The minimum atomic E-state index is -0.380. The Morgan fingerprint density at radius 1 is 1.18 bits per heavy atom. The summed E-state index contributed by atoms with van der Waals surface area (Å²) in [7, 11) is 1.59. The Bertz CT molecular complexity index is 1200. The van der Waals surface area contributed by atoms with E-state index in [1.54, 1.807) is 19.2 Å². The molecule has 1 aliphatic carbocycles. The van der Waals surface area contributed by atoms with Crippen molar-refractivity contribution >= 4 is 23.5 Å². The van der Waals surface area contributed by atoms with Gasteiger partial charge in [0.2, 0.25) is 17.6 Å². The van der Waals surface area contributed by atoms with Crippen LogP contribution in [0.5, 0.6) is 5.75 Å². The van der Waals surface area contributed by atoms with Gasteiger partial charge in [0.05, 0.1) is 19.6 Å². The van der Waals surface area contributed by atoms with E-state index in [1.807, 2.05) is 36.4 Å². The van der Waals surface area contributed by atoms with Crippen molar-refractivity contribution in [3.05, 3.63) is 65.0 Å². The number of amides is 3. The average molecular weight is 467 g/mol. The SMILES string of the molecule is COc1cccc(CN2C(=O)NC3CC(c4nc(-c5cccc(Cl)c5)no4)CCC3C2=O)c1. The number of aromatic nitrogens is 2. The van der Waals surface area contributed by atoms with Crippen LogP contribution in [-0.4, -0.2) is 40.1 Å². The smallest absolute Gasteiger partial charge is 0.324 e. The lowest BCUT2D eigenvalue weighted by molar-refractivity contribution is -0.137. The highest BCUT2D eigenvalue weighted by Crippen LogP contribution is 2.38. The Balaban J connectivity index is 1.28. The zero-order valence-corrected chi connectivity index (χ0v) is 18.8. The molecule has 170 valence electrons. The van der Waals surface area contributed by atoms with E-state index in [0.717, 1.165) is 17.5 Å². The largest absolute Gasteiger partial charge is 0.497 e. The van der Waals surface area contributed by atoms with Crippen LogP contribution in [0.15, 0.2) is 53.1 Å². The van der Waals surface area contributed by atoms with Gasteiger partial charge in [-0.15, -0.1) is 0 Å². The summed E-state index contributed by atoms with van der Waals surface area (Å²) in [5.41, 5.74) is 1.62. The number of urea groups is 1. The van der Waals surface area contributed by atoms with Crippen molar-refractivity contribution in [3.63, 3.8) is 0 Å². The van der Waals surface area contributed by atoms with Crippen LogP contribution in [-0.2, 0) is 11.3 Å². The molecule has 33 heavy (non-hydrogen) atoms. The molecular weight excluding hydrogens is 444 g/mol. The number of nitrogens with zero attached hydrogens (tertiary/aromatic N) is 3. The van der Waals surface area contributed by atoms with Crippen molar-refractivity contribution in [2.45, 2.75) is 37.8 Å². The van der Waals surface area contributed by atoms with Gasteiger partial charge in [-0.05, 0) is 49.1 Å². The zero-order valence-electron chi connectivity index (χ0n) is 18.0. The number of carbonyl (C=O) groups is 2. The molecule has 8 nitrogen and oxygen atoms in total. The first kappa shape index (κ1) is 21.5. The zero-order chi connectivity index (χ0) is 22.9. The highest BCUT2D eigenvalue weighted by Gasteiger charge is 2.45. The van der Waals surface area contributed by atoms with Crippen molar-refractivity contribution in [2.24, 2.45) is 5.92 Å². The normalized spacial score (nSPS) is 22.6. The standard InChI is InChI=1S/C24H23ClN4O4/c1-32-18-7-2-4-14(10-18)13-29-23(30)19-9-8-16(12-20(19)26-24(29)31)22-27-21(28-33-22)15-5-3-6-17(25)11-15/h2-7,10-11,16,19-20H,8-9,12-13H2,1H3,(H,26,31). The van der Waals surface area contributed by atoms with E-state index >= 15 is 0 Å². The number of carbonyl (C=O) groups excluding carboxylic acids is 2. The Morgan fingerprint density at radius 2 is 2.03 bits per heavy atom. The first-order valence-corrected chi connectivity index (χ1v) is 11.2. The molecule has 0 spiro atoms. The number of hydrogen-bond acceptors (Lipinski definition) is 6. The highest BCUT2D eigenvalue weighted by atomic mass is 35.5. The van der Waals surface area contributed by atoms with Crippen molar-refractivity contribution in [1.82, 2.24) is 20.4 Å². The van der Waals surface area contributed by atoms with Gasteiger partial charge in [-0.25, -0.2) is 4.79 Å². The summed E-state index contributed by atoms with van der Waals surface area (Å²) in [5.74, 6) is 1.25. The van der Waals surface area contributed by atoms with Gasteiger partial charge in [-0.2, -0.15) is 4.98 Å². The monoisotopic (exact) mass is 466 g/mol. The number of rotatable bonds is 5. The number of fused-ring (bicyclic) bond motifs is 1. The molecule has 2 aromatic carbocycles. The second-order valence-corrected chi connectivity index (χ2v) is 8.85. The molecule has 1 saturated heterocycles. The summed E-state index contributed by atoms with van der Waals surface area (Å²) in [6.45, 7) is 0.209. The molecule has 1 saturated carbocycles. The fourth-order valence-electron chi connectivity index (χ4n) is 4.64. The van der Waals surface area contributed by atoms with Crippen LogP contribution in [0.2, 0.25) is 5.02 Å². The van der Waals surface area contributed by atoms with Crippen LogP contribution >= 0.6 is 11.6 Å². The summed E-state index contributed by atoms with van der Waals surface area (Å²) >= 11 is 6.06. The Labute approximate surface area is 195 Å². The van der Waals surface area contributed by atoms with E-state index in [9.17, 15) is 9.59 Å². The van der Waals surface area contributed by atoms with Crippen LogP contribution in [0.1, 0.15) is 36.6 Å². The van der Waals surface area contributed by atoms with E-state index in [1.165, 1.54) is 4.90 Å². The second-order valence-electron chi connectivity index (χ2n) is 8.41. The maximum atomic E-state index is 13.2. The molecule has 0 radical (unpaired) electrons. The summed E-state index contributed by atoms with van der Waals surface area (Å²) in [4.78, 5) is 31.8. The summed E-state index contributed by atoms with van der Waals surface area (Å²) in [5, 5.41) is 7.71. The quantitative estimate of drug-likeness (QED) is 0.598. The van der Waals surface area contributed by atoms with Gasteiger partial charge in [-0.3, -0.25) is 9.69 Å². The van der Waals surface area contributed by atoms with Gasteiger partial charge in [0.15, 0.2) is 0 Å². The highest BCUT2D eigenvalue weighted by molar-refractivity contribution is 6.30. The van der Waals surface area contributed by atoms with Gasteiger partial charge in [0, 0.05) is 22.5 Å². The fourth-order valence-corrected chi connectivity index (χ4v) is 4.83. The molecule has 0 bridgehead atoms. The first-order valence-electron chi connectivity index (χ1n) is 10.9. The van der Waals surface area contributed by atoms with Crippen LogP contribution in [0.3, 0.4) is 0 Å². The molecule has 2 heterocycles. The first-order chi connectivity index (χ1) is 16.0. The molecule has 1 aromatic heterocycles. The van der Waals surface area contributed by atoms with Gasteiger partial charge < -0.3 is 14.6 Å². The van der Waals surface area contributed by atoms with Crippen molar-refractivity contribution in [1.29, 1.82) is 0 Å². The molecular formula is C24H23ClN4O4. The van der Waals surface area contributed by atoms with Crippen LogP contribution in [0.25, 0.3) is 11.4 Å². The van der Waals surface area contributed by atoms with Crippen molar-refractivity contribution in [3.8, 4) is 17.1 Å². The number of benzene rings is 2. The molecule has 1 aliphatic heterocycles. The summed E-state index contributed by atoms with van der Waals surface area (Å²) in [6.07, 6.45) is 1.94. The van der Waals surface area contributed by atoms with Crippen molar-refractivity contribution < 1.29 is 18.8 Å². The lowest BCUT2D eigenvalue weighted by Gasteiger charge is -2.41. The van der Waals surface area contributed by atoms with Crippen LogP contribution in [0, 0.1) is 5.92 Å². The number of nitrogens with one attached hydrogen (secondary N) is 1. The molecule has 3 atom stereocenters. The summed E-state index contributed by atoms with van der Waals surface area (Å²) < 4.78 is 10.8. The minimum absolute atomic E-state index is 0.0234. The predicted octanol–water partition coefficient (Wildman–Crippen LogP) is 4.40. The third-order valence-electron chi connectivity index (χ3n) is 6.34. The van der Waals surface area contributed by atoms with E-state index in [-0.39, 0.29) is 36.4 Å². The fraction of sp³-hybridized carbons (Fsp3) is 0.333. The molecule has 2 aliphatic rings. The molecule has 9 heteroatoms. The van der Waals surface area contributed by atoms with E-state index < -0.39 is 0 Å². The topological polar surface area (TPSA) is 97.6 Å². The lowest BCUT2D eigenvalue weighted by atomic mass is 9.76. The Hall–Kier alpha value is -3.39. The Kier molecular flexibility index (Phi) is 5.76. The molecule has 3 amide bonds. The molecule has 5 rings (SSSR count). The Morgan fingerprint density at radius 3 is 2.85 bits per heavy atom. The molecule has 3 aromatic rings. The lowest BCUT2D eigenvalue weighted by Crippen LogP contribution is -2.60. The number of halogens is 1. The maximum Gasteiger partial charge on any atom is 0.324 e. The number of ether oxygens (including phenoxy) is 1. The van der Waals surface area contributed by atoms with Gasteiger partial charge in [-0.1, -0.05) is 41.0 Å². The summed E-state index contributed by atoms with van der Waals surface area (Å²) in [6, 6.07) is 14.0. The number of hydrogen-bond donors (Lipinski definition) is 1. The van der Waals surface area contributed by atoms with E-state index in [0.29, 0.717) is 35.3 Å². The van der Waals surface area contributed by atoms with Crippen LogP contribution < -0.4 is 10.1 Å². The molecule has 3 unspecified atom stereocenters. The minimum Gasteiger partial charge on any atom is -0.497 e. The average Bonchev–Trinajstić information content (AvgIpc) is 3.32. The predicted molar refractivity (Wildman–Crippen MR) is 121 cm³/mol. The van der Waals surface area contributed by atoms with Gasteiger partial charge in [0.1, 0.15) is 5.75 Å². The third kappa shape index (κ3) is 4.30.